The van der Waals surface area contributed by atoms with Gasteiger partial charge in [-0.05, 0) is 12.1 Å². The molecule has 0 fully saturated rings. The number of fused-ring (bicyclic) bond motifs is 3. The number of anilines is 1. The van der Waals surface area contributed by atoms with Crippen molar-refractivity contribution in [1.29, 1.82) is 0 Å². The van der Waals surface area contributed by atoms with Crippen LogP contribution in [0, 0.1) is 0 Å². The largest absolute Gasteiger partial charge is 0.468 e. The minimum absolute atomic E-state index is 0.0872. The quantitative estimate of drug-likeness (QED) is 0.740. The van der Waals surface area contributed by atoms with E-state index in [1.807, 2.05) is 24.3 Å². The van der Waals surface area contributed by atoms with Crippen LogP contribution in [-0.2, 0) is 9.53 Å². The van der Waals surface area contributed by atoms with Crippen LogP contribution in [0.4, 0.5) is 10.5 Å². The molecule has 2 aliphatic rings. The number of benzene rings is 1. The van der Waals surface area contributed by atoms with Crippen molar-refractivity contribution in [1.82, 2.24) is 4.90 Å². The van der Waals surface area contributed by atoms with E-state index in [4.69, 9.17) is 0 Å². The Labute approximate surface area is 110 Å². The minimum Gasteiger partial charge on any atom is -0.468 e. The summed E-state index contributed by atoms with van der Waals surface area (Å²) in [5, 5.41) is 0. The summed E-state index contributed by atoms with van der Waals surface area (Å²) in [6.45, 7) is 1.07. The van der Waals surface area contributed by atoms with Crippen LogP contribution >= 0.6 is 0 Å². The van der Waals surface area contributed by atoms with Gasteiger partial charge in [0, 0.05) is 12.1 Å². The molecule has 1 aromatic rings. The van der Waals surface area contributed by atoms with Gasteiger partial charge < -0.3 is 4.74 Å². The number of ether oxygens (including phenoxy) is 1. The fourth-order valence-electron chi connectivity index (χ4n) is 2.36. The number of hydrogen-bond donors (Lipinski definition) is 0. The van der Waals surface area contributed by atoms with Crippen molar-refractivity contribution in [3.8, 4) is 0 Å². The van der Waals surface area contributed by atoms with E-state index in [9.17, 15) is 9.59 Å². The number of urea groups is 1. The van der Waals surface area contributed by atoms with E-state index in [0.717, 1.165) is 5.56 Å². The second-order valence-corrected chi connectivity index (χ2v) is 4.32. The van der Waals surface area contributed by atoms with Gasteiger partial charge in [0.2, 0.25) is 0 Å². The smallest absolute Gasteiger partial charge is 0.330 e. The van der Waals surface area contributed by atoms with Gasteiger partial charge in [-0.2, -0.15) is 0 Å². The molecule has 6 nitrogen and oxygen atoms in total. The molecule has 98 valence electrons. The topological polar surface area (TPSA) is 62.2 Å². The summed E-state index contributed by atoms with van der Waals surface area (Å²) in [7, 11) is 1.31. The van der Waals surface area contributed by atoms with Gasteiger partial charge >= 0.3 is 12.0 Å². The lowest BCUT2D eigenvalue weighted by Crippen LogP contribution is -2.51. The maximum atomic E-state index is 12.4. The molecule has 0 bridgehead atoms. The zero-order valence-electron chi connectivity index (χ0n) is 10.5. The van der Waals surface area contributed by atoms with Crippen LogP contribution in [0.15, 0.2) is 29.3 Å². The predicted molar refractivity (Wildman–Crippen MR) is 69.3 cm³/mol. The maximum absolute atomic E-state index is 12.4. The summed E-state index contributed by atoms with van der Waals surface area (Å²) < 4.78 is 4.65. The van der Waals surface area contributed by atoms with Crippen molar-refractivity contribution in [3.05, 3.63) is 29.8 Å². The van der Waals surface area contributed by atoms with Gasteiger partial charge in [0.15, 0.2) is 0 Å². The first kappa shape index (κ1) is 11.7. The number of aliphatic imine (C=N–C) groups is 1. The zero-order valence-corrected chi connectivity index (χ0v) is 10.5. The summed E-state index contributed by atoms with van der Waals surface area (Å²) in [6, 6.07) is 7.23. The van der Waals surface area contributed by atoms with Gasteiger partial charge in [-0.3, -0.25) is 19.6 Å². The fourth-order valence-corrected chi connectivity index (χ4v) is 2.36. The van der Waals surface area contributed by atoms with E-state index in [1.54, 1.807) is 4.90 Å². The monoisotopic (exact) mass is 259 g/mol. The number of para-hydroxylation sites is 1. The highest BCUT2D eigenvalue weighted by Crippen LogP contribution is 2.30. The number of amidine groups is 1. The number of methoxy groups -OCH3 is 1. The molecule has 0 saturated heterocycles. The highest BCUT2D eigenvalue weighted by Gasteiger charge is 2.37. The van der Waals surface area contributed by atoms with Gasteiger partial charge in [-0.25, -0.2) is 4.79 Å². The first-order chi connectivity index (χ1) is 9.22. The van der Waals surface area contributed by atoms with Crippen molar-refractivity contribution in [2.24, 2.45) is 4.99 Å². The molecule has 6 heteroatoms. The Balaban J connectivity index is 2.06. The maximum Gasteiger partial charge on any atom is 0.330 e. The van der Waals surface area contributed by atoms with E-state index < -0.39 is 5.97 Å². The lowest BCUT2D eigenvalue weighted by atomic mass is 10.1. The van der Waals surface area contributed by atoms with Gasteiger partial charge in [-0.15, -0.1) is 0 Å². The molecular weight excluding hydrogens is 246 g/mol. The van der Waals surface area contributed by atoms with E-state index >= 15 is 0 Å². The number of carbonyl (C=O) groups is 2. The molecule has 19 heavy (non-hydrogen) atoms. The van der Waals surface area contributed by atoms with Crippen molar-refractivity contribution in [3.63, 3.8) is 0 Å². The molecule has 1 aromatic carbocycles. The van der Waals surface area contributed by atoms with Crippen LogP contribution in [0.5, 0.6) is 0 Å². The average molecular weight is 259 g/mol. The first-order valence-electron chi connectivity index (χ1n) is 6.02. The number of carbonyl (C=O) groups excluding carboxylic acids is 2. The van der Waals surface area contributed by atoms with Crippen molar-refractivity contribution in [2.75, 3.05) is 31.6 Å². The summed E-state index contributed by atoms with van der Waals surface area (Å²) in [5.41, 5.74) is 1.58. The van der Waals surface area contributed by atoms with E-state index in [0.29, 0.717) is 24.6 Å². The Morgan fingerprint density at radius 3 is 3.00 bits per heavy atom. The third-order valence-corrected chi connectivity index (χ3v) is 3.25. The summed E-state index contributed by atoms with van der Waals surface area (Å²) in [5.74, 6) is 0.254. The molecule has 0 aliphatic carbocycles. The Hall–Kier alpha value is -2.37. The van der Waals surface area contributed by atoms with Gasteiger partial charge in [-0.1, -0.05) is 12.1 Å². The molecule has 0 aromatic heterocycles. The van der Waals surface area contributed by atoms with Crippen LogP contribution in [0.1, 0.15) is 5.56 Å². The molecule has 0 atom stereocenters. The third-order valence-electron chi connectivity index (χ3n) is 3.25. The molecule has 2 heterocycles. The average Bonchev–Trinajstić information content (AvgIpc) is 2.93. The van der Waals surface area contributed by atoms with Gasteiger partial charge in [0.05, 0.1) is 19.3 Å². The Kier molecular flexibility index (Phi) is 2.70. The molecule has 3 rings (SSSR count). The summed E-state index contributed by atoms with van der Waals surface area (Å²) in [4.78, 5) is 31.2. The van der Waals surface area contributed by atoms with Gasteiger partial charge in [0.1, 0.15) is 12.4 Å². The lowest BCUT2D eigenvalue weighted by molar-refractivity contribution is -0.138. The highest BCUT2D eigenvalue weighted by atomic mass is 16.5. The molecule has 0 unspecified atom stereocenters. The van der Waals surface area contributed by atoms with Crippen LogP contribution in [0.2, 0.25) is 0 Å². The molecule has 0 N–H and O–H groups in total. The summed E-state index contributed by atoms with van der Waals surface area (Å²) >= 11 is 0. The number of rotatable bonds is 2. The Morgan fingerprint density at radius 2 is 2.21 bits per heavy atom. The number of amides is 2. The lowest BCUT2D eigenvalue weighted by Gasteiger charge is -2.34. The normalized spacial score (nSPS) is 16.9. The predicted octanol–water partition coefficient (Wildman–Crippen LogP) is 0.862. The molecule has 0 radical (unpaired) electrons. The van der Waals surface area contributed by atoms with Gasteiger partial charge in [0.25, 0.3) is 0 Å². The Bertz CT molecular complexity index is 582. The second-order valence-electron chi connectivity index (χ2n) is 4.32. The minimum atomic E-state index is -0.442. The second kappa shape index (κ2) is 4.38. The van der Waals surface area contributed by atoms with Crippen LogP contribution < -0.4 is 4.90 Å². The highest BCUT2D eigenvalue weighted by molar-refractivity contribution is 6.20. The van der Waals surface area contributed by atoms with E-state index in [2.05, 4.69) is 9.73 Å². The number of nitrogens with zero attached hydrogens (tertiary/aromatic N) is 3. The Morgan fingerprint density at radius 1 is 1.42 bits per heavy atom. The molecule has 0 spiro atoms. The van der Waals surface area contributed by atoms with E-state index in [-0.39, 0.29) is 12.6 Å². The molecular formula is C13H13N3O3. The molecule has 2 amide bonds. The molecule has 0 saturated carbocycles. The number of hydrogen-bond acceptors (Lipinski definition) is 4. The fraction of sp³-hybridized carbons (Fsp3) is 0.308. The standard InChI is InChI=1S/C13H13N3O3/c1-19-11(17)8-16-10-5-3-2-4-9(10)12-14-6-7-15(12)13(16)18/h2-5H,6-8H2,1H3. The summed E-state index contributed by atoms with van der Waals surface area (Å²) in [6.07, 6.45) is 0. The van der Waals surface area contributed by atoms with E-state index in [1.165, 1.54) is 12.0 Å². The SMILES string of the molecule is COC(=O)CN1C(=O)N2CCN=C2c2ccccc21. The number of esters is 1. The van der Waals surface area contributed by atoms with Crippen molar-refractivity contribution >= 4 is 23.5 Å². The zero-order chi connectivity index (χ0) is 13.4. The van der Waals surface area contributed by atoms with Crippen LogP contribution in [0.25, 0.3) is 0 Å². The van der Waals surface area contributed by atoms with Crippen LogP contribution in [0.3, 0.4) is 0 Å². The first-order valence-corrected chi connectivity index (χ1v) is 6.02. The van der Waals surface area contributed by atoms with Crippen LogP contribution in [-0.4, -0.2) is 49.5 Å². The molecule has 2 aliphatic heterocycles. The van der Waals surface area contributed by atoms with Crippen molar-refractivity contribution in [2.45, 2.75) is 0 Å². The third kappa shape index (κ3) is 1.76. The van der Waals surface area contributed by atoms with Crippen molar-refractivity contribution < 1.29 is 14.3 Å².